The molecule has 0 aliphatic rings. The van der Waals surface area contributed by atoms with Crippen LogP contribution < -0.4 is 5.56 Å². The minimum atomic E-state index is -0.353. The number of rotatable bonds is 4. The van der Waals surface area contributed by atoms with E-state index in [4.69, 9.17) is 0 Å². The molecule has 0 atom stereocenters. The van der Waals surface area contributed by atoms with Crippen LogP contribution in [0.5, 0.6) is 0 Å². The largest absolute Gasteiger partial charge is 0.392 e. The van der Waals surface area contributed by atoms with Crippen LogP contribution in [-0.4, -0.2) is 19.3 Å². The van der Waals surface area contributed by atoms with Crippen LogP contribution >= 0.6 is 0 Å². The number of aliphatic hydroxyl groups excluding tert-OH is 1. The standard InChI is InChI=1S/C22H20FN3O2/c1-14-3-4-15(2)17(11-14)12-25-9-10-26-21(22(25)28)19(13-27)20(24-26)16-5-7-18(23)8-6-16/h3-11,27H,12-13H2,1-2H3. The highest BCUT2D eigenvalue weighted by molar-refractivity contribution is 5.72. The summed E-state index contributed by atoms with van der Waals surface area (Å²) in [5.41, 5.74) is 4.97. The van der Waals surface area contributed by atoms with Gasteiger partial charge in [0.05, 0.1) is 18.8 Å². The molecule has 0 fully saturated rings. The summed E-state index contributed by atoms with van der Waals surface area (Å²) in [7, 11) is 0. The van der Waals surface area contributed by atoms with Crippen molar-refractivity contribution in [2.45, 2.75) is 27.0 Å². The fraction of sp³-hybridized carbons (Fsp3) is 0.182. The highest BCUT2D eigenvalue weighted by atomic mass is 19.1. The first-order valence-corrected chi connectivity index (χ1v) is 9.01. The first kappa shape index (κ1) is 18.1. The summed E-state index contributed by atoms with van der Waals surface area (Å²) >= 11 is 0. The van der Waals surface area contributed by atoms with Crippen LogP contribution in [0.15, 0.2) is 59.7 Å². The zero-order valence-corrected chi connectivity index (χ0v) is 15.7. The molecule has 6 heteroatoms. The first-order chi connectivity index (χ1) is 13.5. The lowest BCUT2D eigenvalue weighted by molar-refractivity contribution is 0.283. The lowest BCUT2D eigenvalue weighted by Gasteiger charge is -2.10. The first-order valence-electron chi connectivity index (χ1n) is 9.01. The van der Waals surface area contributed by atoms with E-state index in [1.54, 1.807) is 29.1 Å². The van der Waals surface area contributed by atoms with Gasteiger partial charge in [0.1, 0.15) is 11.3 Å². The van der Waals surface area contributed by atoms with Crippen molar-refractivity contribution in [1.82, 2.24) is 14.2 Å². The van der Waals surface area contributed by atoms with Gasteiger partial charge in [-0.1, -0.05) is 23.8 Å². The summed E-state index contributed by atoms with van der Waals surface area (Å²) in [5.74, 6) is -0.353. The van der Waals surface area contributed by atoms with Gasteiger partial charge >= 0.3 is 0 Å². The molecule has 0 saturated carbocycles. The molecule has 0 radical (unpaired) electrons. The van der Waals surface area contributed by atoms with Crippen molar-refractivity contribution in [2.75, 3.05) is 0 Å². The molecule has 1 N–H and O–H groups in total. The van der Waals surface area contributed by atoms with E-state index in [1.165, 1.54) is 16.6 Å². The maximum absolute atomic E-state index is 13.2. The van der Waals surface area contributed by atoms with Crippen LogP contribution in [0.25, 0.3) is 16.8 Å². The van der Waals surface area contributed by atoms with Crippen LogP contribution in [0.2, 0.25) is 0 Å². The number of hydrogen-bond donors (Lipinski definition) is 1. The molecule has 0 amide bonds. The van der Waals surface area contributed by atoms with E-state index >= 15 is 0 Å². The molecule has 0 bridgehead atoms. The van der Waals surface area contributed by atoms with Gasteiger partial charge in [-0.3, -0.25) is 4.79 Å². The lowest BCUT2D eigenvalue weighted by Crippen LogP contribution is -2.23. The Labute approximate surface area is 161 Å². The third kappa shape index (κ3) is 3.12. The van der Waals surface area contributed by atoms with E-state index in [-0.39, 0.29) is 18.0 Å². The Morgan fingerprint density at radius 2 is 1.82 bits per heavy atom. The molecule has 0 aliphatic heterocycles. The molecule has 2 heterocycles. The lowest BCUT2D eigenvalue weighted by atomic mass is 10.1. The van der Waals surface area contributed by atoms with E-state index in [2.05, 4.69) is 11.2 Å². The van der Waals surface area contributed by atoms with Gasteiger partial charge in [0.15, 0.2) is 0 Å². The fourth-order valence-electron chi connectivity index (χ4n) is 3.42. The highest BCUT2D eigenvalue weighted by Gasteiger charge is 2.18. The van der Waals surface area contributed by atoms with Crippen molar-refractivity contribution >= 4 is 5.52 Å². The van der Waals surface area contributed by atoms with Gasteiger partial charge in [-0.25, -0.2) is 8.91 Å². The molecular formula is C22H20FN3O2. The zero-order valence-electron chi connectivity index (χ0n) is 15.7. The summed E-state index contributed by atoms with van der Waals surface area (Å²) in [6.45, 7) is 4.14. The molecule has 4 rings (SSSR count). The van der Waals surface area contributed by atoms with Crippen molar-refractivity contribution in [2.24, 2.45) is 0 Å². The molecule has 2 aromatic heterocycles. The smallest absolute Gasteiger partial charge is 0.277 e. The van der Waals surface area contributed by atoms with Gasteiger partial charge in [-0.05, 0) is 49.2 Å². The quantitative estimate of drug-likeness (QED) is 0.593. The van der Waals surface area contributed by atoms with Crippen LogP contribution in [0.1, 0.15) is 22.3 Å². The van der Waals surface area contributed by atoms with Gasteiger partial charge in [0.25, 0.3) is 5.56 Å². The van der Waals surface area contributed by atoms with Crippen molar-refractivity contribution < 1.29 is 9.50 Å². The maximum Gasteiger partial charge on any atom is 0.277 e. The highest BCUT2D eigenvalue weighted by Crippen LogP contribution is 2.25. The summed E-state index contributed by atoms with van der Waals surface area (Å²) in [4.78, 5) is 13.1. The zero-order chi connectivity index (χ0) is 19.8. The number of hydrogen-bond acceptors (Lipinski definition) is 3. The van der Waals surface area contributed by atoms with Crippen molar-refractivity contribution in [3.05, 3.63) is 93.3 Å². The summed E-state index contributed by atoms with van der Waals surface area (Å²) in [6.07, 6.45) is 3.40. The average Bonchev–Trinajstić information content (AvgIpc) is 3.07. The molecule has 28 heavy (non-hydrogen) atoms. The van der Waals surface area contributed by atoms with Gasteiger partial charge in [0.2, 0.25) is 0 Å². The third-order valence-corrected chi connectivity index (χ3v) is 4.98. The van der Waals surface area contributed by atoms with E-state index in [0.29, 0.717) is 28.9 Å². The fourth-order valence-corrected chi connectivity index (χ4v) is 3.42. The summed E-state index contributed by atoms with van der Waals surface area (Å²) in [6, 6.07) is 12.0. The Bertz CT molecular complexity index is 1220. The SMILES string of the molecule is Cc1ccc(C)c(Cn2ccn3nc(-c4ccc(F)cc4)c(CO)c3c2=O)c1. The monoisotopic (exact) mass is 377 g/mol. The van der Waals surface area contributed by atoms with E-state index in [9.17, 15) is 14.3 Å². The Morgan fingerprint density at radius 1 is 1.07 bits per heavy atom. The predicted octanol–water partition coefficient (Wildman–Crippen LogP) is 3.46. The normalized spacial score (nSPS) is 11.3. The van der Waals surface area contributed by atoms with Crippen molar-refractivity contribution in [3.8, 4) is 11.3 Å². The maximum atomic E-state index is 13.2. The summed E-state index contributed by atoms with van der Waals surface area (Å²) in [5, 5.41) is 14.4. The Hall–Kier alpha value is -3.25. The number of aryl methyl sites for hydroxylation is 2. The second kappa shape index (κ2) is 7.05. The van der Waals surface area contributed by atoms with Gasteiger partial charge in [0, 0.05) is 23.5 Å². The molecule has 0 saturated heterocycles. The number of fused-ring (bicyclic) bond motifs is 1. The number of aromatic nitrogens is 3. The third-order valence-electron chi connectivity index (χ3n) is 4.98. The minimum Gasteiger partial charge on any atom is -0.392 e. The predicted molar refractivity (Wildman–Crippen MR) is 106 cm³/mol. The Kier molecular flexibility index (Phi) is 4.57. The molecule has 0 unspecified atom stereocenters. The van der Waals surface area contributed by atoms with Crippen LogP contribution in [0.4, 0.5) is 4.39 Å². The number of aliphatic hydroxyl groups is 1. The molecule has 2 aromatic carbocycles. The molecule has 0 aliphatic carbocycles. The van der Waals surface area contributed by atoms with E-state index in [0.717, 1.165) is 16.7 Å². The van der Waals surface area contributed by atoms with Crippen LogP contribution in [0, 0.1) is 19.7 Å². The Morgan fingerprint density at radius 3 is 2.54 bits per heavy atom. The Balaban J connectivity index is 1.86. The molecule has 5 nitrogen and oxygen atoms in total. The van der Waals surface area contributed by atoms with Crippen molar-refractivity contribution in [1.29, 1.82) is 0 Å². The van der Waals surface area contributed by atoms with Crippen molar-refractivity contribution in [3.63, 3.8) is 0 Å². The number of halogens is 1. The topological polar surface area (TPSA) is 59.5 Å². The molecule has 4 aromatic rings. The summed E-state index contributed by atoms with van der Waals surface area (Å²) < 4.78 is 16.3. The molecule has 142 valence electrons. The van der Waals surface area contributed by atoms with E-state index < -0.39 is 0 Å². The van der Waals surface area contributed by atoms with Gasteiger partial charge < -0.3 is 9.67 Å². The average molecular weight is 377 g/mol. The molecular weight excluding hydrogens is 357 g/mol. The number of nitrogens with zero attached hydrogens (tertiary/aromatic N) is 3. The van der Waals surface area contributed by atoms with Gasteiger partial charge in [-0.2, -0.15) is 5.10 Å². The minimum absolute atomic E-state index is 0.228. The van der Waals surface area contributed by atoms with Gasteiger partial charge in [-0.15, -0.1) is 0 Å². The van der Waals surface area contributed by atoms with Crippen LogP contribution in [-0.2, 0) is 13.2 Å². The second-order valence-electron chi connectivity index (χ2n) is 6.95. The number of benzene rings is 2. The molecule has 0 spiro atoms. The van der Waals surface area contributed by atoms with E-state index in [1.807, 2.05) is 26.0 Å². The van der Waals surface area contributed by atoms with Crippen LogP contribution in [0.3, 0.4) is 0 Å². The second-order valence-corrected chi connectivity index (χ2v) is 6.95.